The molecule has 7 nitrogen and oxygen atoms in total. The maximum Gasteiger partial charge on any atom is 0.418 e. The number of hydrogen-bond donors (Lipinski definition) is 2. The van der Waals surface area contributed by atoms with Gasteiger partial charge in [0, 0.05) is 11.3 Å². The molecular weight excluding hydrogens is 515 g/mol. The number of anilines is 1. The predicted molar refractivity (Wildman–Crippen MR) is 139 cm³/mol. The first kappa shape index (κ1) is 26.9. The number of aryl methyl sites for hydroxylation is 2. The van der Waals surface area contributed by atoms with E-state index in [1.54, 1.807) is 22.8 Å². The van der Waals surface area contributed by atoms with Gasteiger partial charge in [-0.3, -0.25) is 14.2 Å². The molecule has 4 aromatic rings. The lowest BCUT2D eigenvalue weighted by Crippen LogP contribution is -2.24. The molecule has 0 saturated heterocycles. The lowest BCUT2D eigenvalue weighted by Gasteiger charge is -2.14. The Kier molecular flexibility index (Phi) is 8.16. The average molecular weight is 540 g/mol. The van der Waals surface area contributed by atoms with Crippen LogP contribution in [0.4, 0.5) is 18.9 Å². The first-order chi connectivity index (χ1) is 18.1. The van der Waals surface area contributed by atoms with E-state index in [1.165, 1.54) is 18.2 Å². The van der Waals surface area contributed by atoms with Crippen LogP contribution in [0.5, 0.6) is 0 Å². The van der Waals surface area contributed by atoms with Crippen LogP contribution in [0, 0.1) is 13.8 Å². The number of amides is 2. The minimum Gasteiger partial charge on any atom is -0.345 e. The molecule has 0 spiro atoms. The predicted octanol–water partition coefficient (Wildman–Crippen LogP) is 5.56. The number of para-hydroxylation sites is 1. The third kappa shape index (κ3) is 6.60. The SMILES string of the molecule is Cc1cccc(C(=O)NCc2nnc(SCC(=O)Nc3ccccc3C(F)(F)F)n2-c2cccc(C)c2)c1. The molecule has 0 bridgehead atoms. The Morgan fingerprint density at radius 3 is 2.34 bits per heavy atom. The summed E-state index contributed by atoms with van der Waals surface area (Å²) in [7, 11) is 0. The fourth-order valence-corrected chi connectivity index (χ4v) is 4.51. The highest BCUT2D eigenvalue weighted by Crippen LogP contribution is 2.34. The van der Waals surface area contributed by atoms with Gasteiger partial charge in [0.15, 0.2) is 11.0 Å². The Hall–Kier alpha value is -4.12. The quantitative estimate of drug-likeness (QED) is 0.286. The molecule has 3 aromatic carbocycles. The lowest BCUT2D eigenvalue weighted by atomic mass is 10.1. The summed E-state index contributed by atoms with van der Waals surface area (Å²) in [6.07, 6.45) is -4.60. The van der Waals surface area contributed by atoms with Crippen LogP contribution in [-0.2, 0) is 17.5 Å². The highest BCUT2D eigenvalue weighted by atomic mass is 32.2. The number of aromatic nitrogens is 3. The summed E-state index contributed by atoms with van der Waals surface area (Å²) < 4.78 is 41.5. The van der Waals surface area contributed by atoms with E-state index < -0.39 is 17.6 Å². The van der Waals surface area contributed by atoms with Crippen LogP contribution in [0.25, 0.3) is 5.69 Å². The molecule has 0 aliphatic rings. The second kappa shape index (κ2) is 11.5. The molecule has 2 N–H and O–H groups in total. The number of nitrogens with zero attached hydrogens (tertiary/aromatic N) is 3. The number of carbonyl (C=O) groups excluding carboxylic acids is 2. The monoisotopic (exact) mass is 539 g/mol. The van der Waals surface area contributed by atoms with Crippen molar-refractivity contribution in [2.75, 3.05) is 11.1 Å². The topological polar surface area (TPSA) is 88.9 Å². The molecule has 38 heavy (non-hydrogen) atoms. The van der Waals surface area contributed by atoms with Gasteiger partial charge in [0.2, 0.25) is 5.91 Å². The van der Waals surface area contributed by atoms with E-state index in [-0.39, 0.29) is 23.9 Å². The number of carbonyl (C=O) groups is 2. The summed E-state index contributed by atoms with van der Waals surface area (Å²) in [5.41, 5.74) is 1.93. The maximum absolute atomic E-state index is 13.3. The number of alkyl halides is 3. The fraction of sp³-hybridized carbons (Fsp3) is 0.185. The second-order valence-corrected chi connectivity index (χ2v) is 9.45. The van der Waals surface area contributed by atoms with Crippen molar-refractivity contribution >= 4 is 29.3 Å². The third-order valence-electron chi connectivity index (χ3n) is 5.49. The van der Waals surface area contributed by atoms with Gasteiger partial charge in [-0.1, -0.05) is 53.7 Å². The van der Waals surface area contributed by atoms with Crippen molar-refractivity contribution in [3.8, 4) is 5.69 Å². The summed E-state index contributed by atoms with van der Waals surface area (Å²) in [6.45, 7) is 3.89. The molecule has 2 amide bonds. The molecule has 0 radical (unpaired) electrons. The average Bonchev–Trinajstić information content (AvgIpc) is 3.28. The van der Waals surface area contributed by atoms with Crippen molar-refractivity contribution in [3.63, 3.8) is 0 Å². The highest BCUT2D eigenvalue weighted by molar-refractivity contribution is 7.99. The normalized spacial score (nSPS) is 11.3. The summed E-state index contributed by atoms with van der Waals surface area (Å²) in [6, 6.07) is 19.5. The van der Waals surface area contributed by atoms with Crippen LogP contribution >= 0.6 is 11.8 Å². The van der Waals surface area contributed by atoms with Crippen molar-refractivity contribution in [1.82, 2.24) is 20.1 Å². The van der Waals surface area contributed by atoms with Crippen LogP contribution < -0.4 is 10.6 Å². The molecular formula is C27H24F3N5O2S. The van der Waals surface area contributed by atoms with Crippen molar-refractivity contribution in [2.45, 2.75) is 31.7 Å². The van der Waals surface area contributed by atoms with Crippen LogP contribution in [0.3, 0.4) is 0 Å². The second-order valence-electron chi connectivity index (χ2n) is 8.51. The molecule has 196 valence electrons. The molecule has 11 heteroatoms. The van der Waals surface area contributed by atoms with Crippen molar-refractivity contribution in [1.29, 1.82) is 0 Å². The largest absolute Gasteiger partial charge is 0.418 e. The first-order valence-corrected chi connectivity index (χ1v) is 12.6. The van der Waals surface area contributed by atoms with E-state index in [0.717, 1.165) is 34.6 Å². The van der Waals surface area contributed by atoms with Gasteiger partial charge in [-0.05, 0) is 55.8 Å². The van der Waals surface area contributed by atoms with E-state index in [4.69, 9.17) is 0 Å². The highest BCUT2D eigenvalue weighted by Gasteiger charge is 2.33. The van der Waals surface area contributed by atoms with Crippen molar-refractivity contribution in [3.05, 3.63) is 101 Å². The van der Waals surface area contributed by atoms with E-state index in [1.807, 2.05) is 44.2 Å². The van der Waals surface area contributed by atoms with E-state index in [9.17, 15) is 22.8 Å². The molecule has 1 heterocycles. The van der Waals surface area contributed by atoms with Gasteiger partial charge < -0.3 is 10.6 Å². The molecule has 0 fully saturated rings. The molecule has 0 aliphatic carbocycles. The van der Waals surface area contributed by atoms with Gasteiger partial charge >= 0.3 is 6.18 Å². The van der Waals surface area contributed by atoms with E-state index >= 15 is 0 Å². The lowest BCUT2D eigenvalue weighted by molar-refractivity contribution is -0.137. The van der Waals surface area contributed by atoms with Crippen LogP contribution in [0.15, 0.2) is 78.0 Å². The van der Waals surface area contributed by atoms with Crippen molar-refractivity contribution < 1.29 is 22.8 Å². The number of rotatable bonds is 8. The molecule has 0 unspecified atom stereocenters. The molecule has 0 aliphatic heterocycles. The number of hydrogen-bond acceptors (Lipinski definition) is 5. The first-order valence-electron chi connectivity index (χ1n) is 11.6. The Labute approximate surface area is 221 Å². The van der Waals surface area contributed by atoms with Crippen LogP contribution in [-0.4, -0.2) is 32.3 Å². The number of nitrogens with one attached hydrogen (secondary N) is 2. The summed E-state index contributed by atoms with van der Waals surface area (Å²) in [4.78, 5) is 25.2. The van der Waals surface area contributed by atoms with Gasteiger partial charge in [-0.15, -0.1) is 10.2 Å². The maximum atomic E-state index is 13.3. The zero-order valence-electron chi connectivity index (χ0n) is 20.5. The zero-order valence-corrected chi connectivity index (χ0v) is 21.4. The number of halogens is 3. The minimum absolute atomic E-state index is 0.0689. The molecule has 1 aromatic heterocycles. The van der Waals surface area contributed by atoms with Gasteiger partial charge in [0.05, 0.1) is 23.5 Å². The Morgan fingerprint density at radius 2 is 1.63 bits per heavy atom. The zero-order chi connectivity index (χ0) is 27.3. The van der Waals surface area contributed by atoms with Gasteiger partial charge in [-0.25, -0.2) is 0 Å². The number of thioether (sulfide) groups is 1. The summed E-state index contributed by atoms with van der Waals surface area (Å²) in [5.74, 6) is -0.669. The van der Waals surface area contributed by atoms with Crippen LogP contribution in [0.2, 0.25) is 0 Å². The Bertz CT molecular complexity index is 1470. The summed E-state index contributed by atoms with van der Waals surface area (Å²) >= 11 is 1.03. The molecule has 0 atom stereocenters. The summed E-state index contributed by atoms with van der Waals surface area (Å²) in [5, 5.41) is 13.9. The van der Waals surface area contributed by atoms with Gasteiger partial charge in [0.25, 0.3) is 5.91 Å². The van der Waals surface area contributed by atoms with Gasteiger partial charge in [-0.2, -0.15) is 13.2 Å². The third-order valence-corrected chi connectivity index (χ3v) is 6.42. The Balaban J connectivity index is 1.52. The molecule has 0 saturated carbocycles. The van der Waals surface area contributed by atoms with E-state index in [2.05, 4.69) is 20.8 Å². The van der Waals surface area contributed by atoms with Gasteiger partial charge in [0.1, 0.15) is 0 Å². The standard InChI is InChI=1S/C27H24F3N5O2S/c1-17-7-5-9-19(13-17)25(37)31-15-23-33-34-26(35(23)20-10-6-8-18(2)14-20)38-16-24(36)32-22-12-4-3-11-21(22)27(28,29)30/h3-14H,15-16H2,1-2H3,(H,31,37)(H,32,36). The minimum atomic E-state index is -4.60. The number of benzene rings is 3. The fourth-order valence-electron chi connectivity index (χ4n) is 3.74. The van der Waals surface area contributed by atoms with Crippen molar-refractivity contribution in [2.24, 2.45) is 0 Å². The molecule has 4 rings (SSSR count). The van der Waals surface area contributed by atoms with E-state index in [0.29, 0.717) is 16.5 Å². The Morgan fingerprint density at radius 1 is 0.921 bits per heavy atom. The smallest absolute Gasteiger partial charge is 0.345 e. The van der Waals surface area contributed by atoms with Crippen LogP contribution in [0.1, 0.15) is 32.9 Å².